The van der Waals surface area contributed by atoms with Crippen LogP contribution in [0.15, 0.2) is 170 Å². The molecule has 0 aliphatic rings. The van der Waals surface area contributed by atoms with Gasteiger partial charge in [0, 0.05) is 10.8 Å². The van der Waals surface area contributed by atoms with Gasteiger partial charge in [-0.05, 0) is 107 Å². The van der Waals surface area contributed by atoms with Crippen LogP contribution >= 0.6 is 0 Å². The van der Waals surface area contributed by atoms with Crippen molar-refractivity contribution in [3.05, 3.63) is 170 Å². The van der Waals surface area contributed by atoms with Gasteiger partial charge >= 0.3 is 0 Å². The smallest absolute Gasteiger partial charge is 0.146 e. The van der Waals surface area contributed by atoms with Crippen LogP contribution in [0, 0.1) is 0 Å². The summed E-state index contributed by atoms with van der Waals surface area (Å²) in [5.41, 5.74) is 9.33. The maximum Gasteiger partial charge on any atom is 0.146 e. The molecule has 0 bridgehead atoms. The van der Waals surface area contributed by atoms with E-state index in [-0.39, 0.29) is 0 Å². The molecule has 49 heavy (non-hydrogen) atoms. The van der Waals surface area contributed by atoms with Crippen molar-refractivity contribution >= 4 is 81.4 Å². The molecule has 0 atom stereocenters. The number of para-hydroxylation sites is 2. The van der Waals surface area contributed by atoms with Crippen molar-refractivity contribution in [2.24, 2.45) is 0 Å². The first-order chi connectivity index (χ1) is 24.3. The molecule has 9 aromatic carbocycles. The summed E-state index contributed by atoms with van der Waals surface area (Å²) in [6, 6.07) is 62.2. The summed E-state index contributed by atoms with van der Waals surface area (Å²) >= 11 is 0. The van der Waals surface area contributed by atoms with Crippen molar-refractivity contribution in [3.63, 3.8) is 0 Å². The topological polar surface area (TPSA) is 17.3 Å². The lowest BCUT2D eigenvalue weighted by Gasteiger charge is -2.19. The van der Waals surface area contributed by atoms with Crippen LogP contribution in [-0.4, -0.2) is 9.38 Å². The summed E-state index contributed by atoms with van der Waals surface area (Å²) < 4.78 is 2.35. The second-order valence-electron chi connectivity index (χ2n) is 13.1. The number of fused-ring (bicyclic) bond motifs is 12. The zero-order valence-electron chi connectivity index (χ0n) is 26.6. The van der Waals surface area contributed by atoms with E-state index in [9.17, 15) is 0 Å². The van der Waals surface area contributed by atoms with E-state index in [1.807, 2.05) is 0 Å². The Morgan fingerprint density at radius 2 is 0.918 bits per heavy atom. The van der Waals surface area contributed by atoms with E-state index in [2.05, 4.69) is 174 Å². The third-order valence-corrected chi connectivity index (χ3v) is 10.5. The van der Waals surface area contributed by atoms with Crippen LogP contribution in [0.4, 0.5) is 0 Å². The van der Waals surface area contributed by atoms with E-state index in [1.165, 1.54) is 81.5 Å². The highest BCUT2D eigenvalue weighted by Gasteiger charge is 2.20. The average Bonchev–Trinajstić information content (AvgIpc) is 3.56. The molecule has 0 aliphatic carbocycles. The minimum Gasteiger partial charge on any atom is -0.292 e. The molecule has 2 aromatic heterocycles. The van der Waals surface area contributed by atoms with Gasteiger partial charge in [0.1, 0.15) is 5.65 Å². The second-order valence-corrected chi connectivity index (χ2v) is 13.1. The van der Waals surface area contributed by atoms with Crippen molar-refractivity contribution < 1.29 is 0 Å². The number of nitrogens with zero attached hydrogens (tertiary/aromatic N) is 2. The molecule has 0 spiro atoms. The zero-order valence-corrected chi connectivity index (χ0v) is 26.6. The fraction of sp³-hybridized carbons (Fsp3) is 0. The average molecular weight is 621 g/mol. The summed E-state index contributed by atoms with van der Waals surface area (Å²) in [6.07, 6.45) is 0. The first-order valence-electron chi connectivity index (χ1n) is 16.9. The summed E-state index contributed by atoms with van der Waals surface area (Å²) in [5, 5.41) is 13.6. The molecule has 0 amide bonds. The van der Waals surface area contributed by atoms with Gasteiger partial charge in [-0.25, -0.2) is 4.98 Å². The van der Waals surface area contributed by atoms with Crippen molar-refractivity contribution in [1.82, 2.24) is 9.38 Å². The fourth-order valence-corrected chi connectivity index (χ4v) is 8.37. The Balaban J connectivity index is 1.29. The molecule has 2 nitrogen and oxygen atoms in total. The van der Waals surface area contributed by atoms with Crippen LogP contribution in [0.25, 0.3) is 104 Å². The Hall–Kier alpha value is -6.51. The number of pyridine rings is 1. The van der Waals surface area contributed by atoms with E-state index in [0.29, 0.717) is 0 Å². The molecule has 0 fully saturated rings. The van der Waals surface area contributed by atoms with Crippen LogP contribution in [0.1, 0.15) is 0 Å². The lowest BCUT2D eigenvalue weighted by Crippen LogP contribution is -1.94. The predicted molar refractivity (Wildman–Crippen MR) is 209 cm³/mol. The second kappa shape index (κ2) is 10.00. The Kier molecular flexibility index (Phi) is 5.42. The van der Waals surface area contributed by atoms with Crippen LogP contribution in [0.2, 0.25) is 0 Å². The molecule has 0 radical (unpaired) electrons. The van der Waals surface area contributed by atoms with E-state index < -0.39 is 0 Å². The molecular formula is C47H28N2. The Morgan fingerprint density at radius 3 is 1.65 bits per heavy atom. The van der Waals surface area contributed by atoms with Crippen molar-refractivity contribution in [3.8, 4) is 22.3 Å². The highest BCUT2D eigenvalue weighted by Crippen LogP contribution is 2.46. The minimum atomic E-state index is 0.998. The van der Waals surface area contributed by atoms with Crippen molar-refractivity contribution in [2.75, 3.05) is 0 Å². The first kappa shape index (κ1) is 26.5. The maximum atomic E-state index is 5.19. The van der Waals surface area contributed by atoms with Gasteiger partial charge in [0.15, 0.2) is 0 Å². The largest absolute Gasteiger partial charge is 0.292 e. The van der Waals surface area contributed by atoms with E-state index in [4.69, 9.17) is 4.98 Å². The highest BCUT2D eigenvalue weighted by atomic mass is 15.0. The first-order valence-corrected chi connectivity index (χ1v) is 16.9. The van der Waals surface area contributed by atoms with E-state index in [0.717, 1.165) is 22.2 Å². The number of benzene rings is 9. The van der Waals surface area contributed by atoms with Crippen LogP contribution < -0.4 is 0 Å². The van der Waals surface area contributed by atoms with Gasteiger partial charge in [0.05, 0.1) is 16.6 Å². The van der Waals surface area contributed by atoms with E-state index >= 15 is 0 Å². The Bertz CT molecular complexity index is 3100. The standard InChI is InChI=1S/C47H28N2/c1-2-14-31-27-41-39(26-30(31)13-1)40-28-32(24-25-43(40)49-44-23-10-9-22-42(44)48-47(41)49)45-35-17-5-7-19-37(35)46(38-20-8-6-18-36(38)45)34-21-11-15-29-12-3-4-16-33(29)34/h1-28H. The molecule has 11 aromatic rings. The van der Waals surface area contributed by atoms with Crippen LogP contribution in [-0.2, 0) is 0 Å². The molecule has 2 heterocycles. The summed E-state index contributed by atoms with van der Waals surface area (Å²) in [5.74, 6) is 0. The zero-order chi connectivity index (χ0) is 32.1. The van der Waals surface area contributed by atoms with Gasteiger partial charge in [-0.2, -0.15) is 0 Å². The molecule has 0 saturated heterocycles. The monoisotopic (exact) mass is 620 g/mol. The maximum absolute atomic E-state index is 5.19. The number of hydrogen-bond acceptors (Lipinski definition) is 1. The summed E-state index contributed by atoms with van der Waals surface area (Å²) in [4.78, 5) is 5.19. The van der Waals surface area contributed by atoms with Crippen molar-refractivity contribution in [1.29, 1.82) is 0 Å². The Morgan fingerprint density at radius 1 is 0.347 bits per heavy atom. The van der Waals surface area contributed by atoms with Gasteiger partial charge in [-0.1, -0.05) is 133 Å². The fourth-order valence-electron chi connectivity index (χ4n) is 8.37. The van der Waals surface area contributed by atoms with Gasteiger partial charge < -0.3 is 0 Å². The van der Waals surface area contributed by atoms with Gasteiger partial charge in [0.2, 0.25) is 0 Å². The molecule has 226 valence electrons. The summed E-state index contributed by atoms with van der Waals surface area (Å²) in [7, 11) is 0. The lowest BCUT2D eigenvalue weighted by atomic mass is 9.84. The van der Waals surface area contributed by atoms with Gasteiger partial charge in [0.25, 0.3) is 0 Å². The predicted octanol–water partition coefficient (Wildman–Crippen LogP) is 12.7. The van der Waals surface area contributed by atoms with Gasteiger partial charge in [-0.3, -0.25) is 4.40 Å². The molecule has 0 unspecified atom stereocenters. The van der Waals surface area contributed by atoms with Crippen LogP contribution in [0.3, 0.4) is 0 Å². The molecule has 0 N–H and O–H groups in total. The van der Waals surface area contributed by atoms with Crippen molar-refractivity contribution in [2.45, 2.75) is 0 Å². The summed E-state index contributed by atoms with van der Waals surface area (Å²) in [6.45, 7) is 0. The molecule has 11 rings (SSSR count). The third kappa shape index (κ3) is 3.74. The molecule has 2 heteroatoms. The number of aromatic nitrogens is 2. The van der Waals surface area contributed by atoms with Gasteiger partial charge in [-0.15, -0.1) is 0 Å². The number of hydrogen-bond donors (Lipinski definition) is 0. The molecule has 0 saturated carbocycles. The third-order valence-electron chi connectivity index (χ3n) is 10.5. The number of imidazole rings is 1. The highest BCUT2D eigenvalue weighted by molar-refractivity contribution is 6.25. The molecular weight excluding hydrogens is 593 g/mol. The van der Waals surface area contributed by atoms with E-state index in [1.54, 1.807) is 0 Å². The number of rotatable bonds is 2. The minimum absolute atomic E-state index is 0.998. The quantitative estimate of drug-likeness (QED) is 0.139. The Labute approximate surface area is 282 Å². The van der Waals surface area contributed by atoms with Crippen LogP contribution in [0.5, 0.6) is 0 Å². The molecule has 0 aliphatic heterocycles. The lowest BCUT2D eigenvalue weighted by molar-refractivity contribution is 1.32. The SMILES string of the molecule is c1ccc2cc3c(cc2c1)c1cc(-c2c4ccccc4c(-c4cccc5ccccc45)c4ccccc24)ccc1n1c2ccccc2nc31. The normalized spacial score (nSPS) is 12.1.